The fraction of sp³-hybridized carbons (Fsp3) is 0.500. The average molecular weight is 634 g/mol. The van der Waals surface area contributed by atoms with Gasteiger partial charge in [0.1, 0.15) is 33.9 Å². The van der Waals surface area contributed by atoms with Crippen LogP contribution in [0.1, 0.15) is 59.5 Å². The van der Waals surface area contributed by atoms with Gasteiger partial charge in [0.15, 0.2) is 11.4 Å². The summed E-state index contributed by atoms with van der Waals surface area (Å²) in [7, 11) is 0. The van der Waals surface area contributed by atoms with E-state index in [1.165, 1.54) is 36.1 Å². The molecule has 1 aliphatic carbocycles. The van der Waals surface area contributed by atoms with Crippen molar-refractivity contribution in [2.45, 2.75) is 52.5 Å². The lowest BCUT2D eigenvalue weighted by atomic mass is 10.1. The molecule has 13 heteroatoms. The summed E-state index contributed by atoms with van der Waals surface area (Å²) in [4.78, 5) is 57.8. The third-order valence-corrected chi connectivity index (χ3v) is 9.93. The van der Waals surface area contributed by atoms with Crippen molar-refractivity contribution < 1.29 is 19.4 Å². The first-order valence-electron chi connectivity index (χ1n) is 15.6. The highest BCUT2D eigenvalue weighted by Gasteiger charge is 2.31. The van der Waals surface area contributed by atoms with Gasteiger partial charge in [-0.1, -0.05) is 36.5 Å². The van der Waals surface area contributed by atoms with Gasteiger partial charge in [-0.25, -0.2) is 15.0 Å². The highest BCUT2D eigenvalue weighted by atomic mass is 32.1. The molecule has 6 rings (SSSR count). The third kappa shape index (κ3) is 6.36. The first kappa shape index (κ1) is 30.9. The van der Waals surface area contributed by atoms with Crippen LogP contribution in [-0.2, 0) is 22.5 Å². The molecule has 2 fully saturated rings. The first-order valence-corrected chi connectivity index (χ1v) is 16.4. The smallest absolute Gasteiger partial charge is 0.276 e. The Labute approximate surface area is 265 Å². The number of hydrogen-bond donors (Lipinski definition) is 2. The van der Waals surface area contributed by atoms with Crippen molar-refractivity contribution in [2.75, 3.05) is 50.8 Å². The summed E-state index contributed by atoms with van der Waals surface area (Å²) >= 11 is 1.44. The number of aryl methyl sites for hydroxylation is 1. The summed E-state index contributed by atoms with van der Waals surface area (Å²) in [5.74, 6) is -0.132. The zero-order valence-electron chi connectivity index (χ0n) is 25.8. The number of rotatable bonds is 10. The number of carbonyl (C=O) groups is 2. The number of carbonyl (C=O) groups excluding carboxylic acids is 2. The minimum Gasteiger partial charge on any atom is -0.504 e. The molecule has 2 N–H and O–H groups in total. The maximum Gasteiger partial charge on any atom is 0.276 e. The number of thiazole rings is 1. The van der Waals surface area contributed by atoms with Gasteiger partial charge < -0.3 is 29.5 Å². The number of pyridine rings is 1. The number of amides is 2. The fourth-order valence-electron chi connectivity index (χ4n) is 6.01. The summed E-state index contributed by atoms with van der Waals surface area (Å²) < 4.78 is 7.44. The van der Waals surface area contributed by atoms with Crippen LogP contribution in [0.5, 0.6) is 5.75 Å². The molecule has 5 heterocycles. The van der Waals surface area contributed by atoms with E-state index in [-0.39, 0.29) is 35.2 Å². The van der Waals surface area contributed by atoms with Crippen LogP contribution in [0, 0.1) is 12.8 Å². The van der Waals surface area contributed by atoms with Crippen LogP contribution < -0.4 is 15.6 Å². The Morgan fingerprint density at radius 2 is 1.98 bits per heavy atom. The molecule has 2 aliphatic heterocycles. The van der Waals surface area contributed by atoms with Gasteiger partial charge in [0.05, 0.1) is 18.9 Å². The zero-order valence-corrected chi connectivity index (χ0v) is 26.6. The van der Waals surface area contributed by atoms with Crippen molar-refractivity contribution in [3.05, 3.63) is 56.9 Å². The number of hydrogen-bond acceptors (Lipinski definition) is 10. The second-order valence-corrected chi connectivity index (χ2v) is 12.7. The molecule has 3 aromatic rings. The Morgan fingerprint density at radius 3 is 2.67 bits per heavy atom. The molecule has 3 aromatic heterocycles. The Balaban J connectivity index is 1.30. The van der Waals surface area contributed by atoms with E-state index >= 15 is 0 Å². The second kappa shape index (κ2) is 13.1. The standard InChI is InChI=1S/C32H39N7O5S/c1-4-23-27(37-11-13-38(14-12-37)31(43)25-28(41)20(3)34-18-35-25)29(42)26-32(45-30(36-26)22-8-15-44-16-9-22)39(23)17-24(40)33-10-7-19(2)21-5-6-21/h8,18,21,41H,2,4-7,9-17H2,1,3H3,(H,33,40). The predicted octanol–water partition coefficient (Wildman–Crippen LogP) is 3.06. The Morgan fingerprint density at radius 1 is 1.20 bits per heavy atom. The molecule has 0 aromatic carbocycles. The monoisotopic (exact) mass is 633 g/mol. The summed E-state index contributed by atoms with van der Waals surface area (Å²) in [6, 6.07) is 0. The van der Waals surface area contributed by atoms with Crippen molar-refractivity contribution >= 4 is 44.8 Å². The number of fused-ring (bicyclic) bond motifs is 1. The van der Waals surface area contributed by atoms with E-state index < -0.39 is 0 Å². The molecule has 3 aliphatic rings. The average Bonchev–Trinajstić information content (AvgIpc) is 3.81. The van der Waals surface area contributed by atoms with E-state index in [9.17, 15) is 19.5 Å². The van der Waals surface area contributed by atoms with E-state index in [0.717, 1.165) is 22.7 Å². The van der Waals surface area contributed by atoms with Gasteiger partial charge in [0.2, 0.25) is 11.3 Å². The molecular weight excluding hydrogens is 594 g/mol. The summed E-state index contributed by atoms with van der Waals surface area (Å²) in [5.41, 5.74) is 4.02. The quantitative estimate of drug-likeness (QED) is 0.322. The highest BCUT2D eigenvalue weighted by Crippen LogP contribution is 2.37. The van der Waals surface area contributed by atoms with E-state index in [1.807, 2.05) is 22.5 Å². The molecule has 45 heavy (non-hydrogen) atoms. The number of nitrogens with one attached hydrogen (secondary N) is 1. The number of aromatic hydroxyl groups is 1. The third-order valence-electron chi connectivity index (χ3n) is 8.77. The first-order chi connectivity index (χ1) is 21.8. The topological polar surface area (TPSA) is 143 Å². The maximum atomic E-state index is 14.2. The molecule has 238 valence electrons. The van der Waals surface area contributed by atoms with Crippen LogP contribution in [0.3, 0.4) is 0 Å². The van der Waals surface area contributed by atoms with Crippen LogP contribution in [-0.4, -0.2) is 87.3 Å². The van der Waals surface area contributed by atoms with Gasteiger partial charge in [-0.2, -0.15) is 0 Å². The number of nitrogens with zero attached hydrogens (tertiary/aromatic N) is 6. The van der Waals surface area contributed by atoms with Crippen LogP contribution >= 0.6 is 11.3 Å². The van der Waals surface area contributed by atoms with Crippen LogP contribution in [0.15, 0.2) is 29.3 Å². The van der Waals surface area contributed by atoms with E-state index in [4.69, 9.17) is 9.72 Å². The molecular formula is C32H39N7O5S. The van der Waals surface area contributed by atoms with E-state index in [2.05, 4.69) is 21.9 Å². The molecule has 12 nitrogen and oxygen atoms in total. The van der Waals surface area contributed by atoms with Crippen molar-refractivity contribution in [3.63, 3.8) is 0 Å². The van der Waals surface area contributed by atoms with Crippen molar-refractivity contribution in [1.29, 1.82) is 0 Å². The summed E-state index contributed by atoms with van der Waals surface area (Å²) in [5, 5.41) is 14.2. The van der Waals surface area contributed by atoms with Gasteiger partial charge in [-0.05, 0) is 50.5 Å². The van der Waals surface area contributed by atoms with Gasteiger partial charge in [-0.3, -0.25) is 14.4 Å². The van der Waals surface area contributed by atoms with Crippen LogP contribution in [0.2, 0.25) is 0 Å². The van der Waals surface area contributed by atoms with Gasteiger partial charge >= 0.3 is 0 Å². The molecule has 1 saturated heterocycles. The van der Waals surface area contributed by atoms with E-state index in [0.29, 0.717) is 86.4 Å². The summed E-state index contributed by atoms with van der Waals surface area (Å²) in [6.45, 7) is 10.9. The van der Waals surface area contributed by atoms with Gasteiger partial charge in [0, 0.05) is 38.4 Å². The lowest BCUT2D eigenvalue weighted by Gasteiger charge is -2.37. The van der Waals surface area contributed by atoms with Crippen molar-refractivity contribution in [1.82, 2.24) is 29.7 Å². The Kier molecular flexibility index (Phi) is 8.99. The Hall–Kier alpha value is -4.10. The highest BCUT2D eigenvalue weighted by molar-refractivity contribution is 7.19. The van der Waals surface area contributed by atoms with Gasteiger partial charge in [0.25, 0.3) is 5.91 Å². The minimum atomic E-state index is -0.379. The normalized spacial score (nSPS) is 17.0. The number of piperazine rings is 1. The maximum absolute atomic E-state index is 14.2. The molecule has 0 bridgehead atoms. The Bertz CT molecular complexity index is 1730. The van der Waals surface area contributed by atoms with Gasteiger partial charge in [-0.15, -0.1) is 0 Å². The van der Waals surface area contributed by atoms with Crippen molar-refractivity contribution in [3.8, 4) is 5.75 Å². The summed E-state index contributed by atoms with van der Waals surface area (Å²) in [6.07, 6.45) is 7.65. The molecule has 2 amide bonds. The molecule has 0 atom stereocenters. The lowest BCUT2D eigenvalue weighted by Crippen LogP contribution is -2.50. The number of anilines is 1. The molecule has 1 saturated carbocycles. The molecule has 0 radical (unpaired) electrons. The SMILES string of the molecule is C=C(CCNC(=O)Cn1c(CC)c(N2CCN(C(=O)c3ncnc(C)c3O)CC2)c(=O)c2nc(C3=CCOCC3)sc21)C1CC1. The minimum absolute atomic E-state index is 0.0295. The largest absolute Gasteiger partial charge is 0.504 e. The number of ether oxygens (including phenoxy) is 1. The number of aromatic nitrogens is 4. The second-order valence-electron chi connectivity index (χ2n) is 11.8. The molecule has 0 unspecified atom stereocenters. The fourth-order valence-corrected chi connectivity index (χ4v) is 7.17. The van der Waals surface area contributed by atoms with E-state index in [1.54, 1.807) is 11.8 Å². The van der Waals surface area contributed by atoms with Crippen LogP contribution in [0.25, 0.3) is 15.9 Å². The lowest BCUT2D eigenvalue weighted by molar-refractivity contribution is -0.121. The predicted molar refractivity (Wildman–Crippen MR) is 173 cm³/mol. The molecule has 0 spiro atoms. The van der Waals surface area contributed by atoms with Crippen LogP contribution in [0.4, 0.5) is 5.69 Å². The van der Waals surface area contributed by atoms with Crippen molar-refractivity contribution in [2.24, 2.45) is 5.92 Å². The zero-order chi connectivity index (χ0) is 31.7.